The van der Waals surface area contributed by atoms with Crippen LogP contribution in [0.5, 0.6) is 0 Å². The minimum Gasteiger partial charge on any atom is -0.309 e. The highest BCUT2D eigenvalue weighted by atomic mass is 15.2. The molecule has 0 aliphatic carbocycles. The first kappa shape index (κ1) is 23.8. The average molecular weight is 551 g/mol. The smallest absolute Gasteiger partial charge is 0.220 e. The Bertz CT molecular complexity index is 2430. The second-order valence-corrected chi connectivity index (χ2v) is 10.9. The van der Waals surface area contributed by atoms with Crippen LogP contribution < -0.4 is 0 Å². The first-order chi connectivity index (χ1) is 21.4. The lowest BCUT2D eigenvalue weighted by molar-refractivity contribution is 1.10. The van der Waals surface area contributed by atoms with Crippen molar-refractivity contribution in [2.75, 3.05) is 0 Å². The summed E-state index contributed by atoms with van der Waals surface area (Å²) in [4.78, 5) is 5.39. The molecule has 202 valence electrons. The fourth-order valence-electron chi connectivity index (χ4n) is 6.61. The van der Waals surface area contributed by atoms with Gasteiger partial charge in [-0.25, -0.2) is 4.98 Å². The molecule has 9 rings (SSSR count). The highest BCUT2D eigenvalue weighted by Crippen LogP contribution is 2.40. The van der Waals surface area contributed by atoms with Crippen LogP contribution in [0.15, 0.2) is 158 Å². The van der Waals surface area contributed by atoms with E-state index in [1.54, 1.807) is 0 Å². The maximum absolute atomic E-state index is 5.39. The Morgan fingerprint density at radius 1 is 0.395 bits per heavy atom. The summed E-state index contributed by atoms with van der Waals surface area (Å²) >= 11 is 0. The zero-order valence-electron chi connectivity index (χ0n) is 23.3. The van der Waals surface area contributed by atoms with Gasteiger partial charge in [-0.3, -0.25) is 8.97 Å². The van der Waals surface area contributed by atoms with Gasteiger partial charge in [0.25, 0.3) is 0 Å². The van der Waals surface area contributed by atoms with Gasteiger partial charge < -0.3 is 4.57 Å². The first-order valence-corrected chi connectivity index (χ1v) is 14.6. The van der Waals surface area contributed by atoms with E-state index in [4.69, 9.17) is 4.98 Å². The quantitative estimate of drug-likeness (QED) is 0.214. The van der Waals surface area contributed by atoms with Crippen LogP contribution in [0.1, 0.15) is 0 Å². The van der Waals surface area contributed by atoms with Crippen LogP contribution in [0.25, 0.3) is 72.5 Å². The Morgan fingerprint density at radius 2 is 0.953 bits per heavy atom. The van der Waals surface area contributed by atoms with Crippen LogP contribution in [0.2, 0.25) is 0 Å². The molecule has 4 heteroatoms. The lowest BCUT2D eigenvalue weighted by Crippen LogP contribution is -1.94. The Morgan fingerprint density at radius 3 is 1.67 bits per heavy atom. The summed E-state index contributed by atoms with van der Waals surface area (Å²) < 4.78 is 6.97. The third kappa shape index (κ3) is 3.53. The second kappa shape index (κ2) is 9.33. The molecule has 0 radical (unpaired) electrons. The van der Waals surface area contributed by atoms with Gasteiger partial charge in [0.1, 0.15) is 0 Å². The largest absolute Gasteiger partial charge is 0.309 e. The van der Waals surface area contributed by atoms with Crippen molar-refractivity contribution in [2.24, 2.45) is 0 Å². The van der Waals surface area contributed by atoms with E-state index in [0.29, 0.717) is 0 Å². The van der Waals surface area contributed by atoms with Crippen molar-refractivity contribution in [1.82, 2.24) is 18.5 Å². The van der Waals surface area contributed by atoms with Crippen molar-refractivity contribution in [3.8, 4) is 33.9 Å². The Labute approximate surface area is 248 Å². The summed E-state index contributed by atoms with van der Waals surface area (Å²) in [6.45, 7) is 0. The summed E-state index contributed by atoms with van der Waals surface area (Å²) in [5.41, 5.74) is 11.2. The molecule has 0 aliphatic rings. The maximum Gasteiger partial charge on any atom is 0.220 e. The SMILES string of the molecule is c1ccc(-c2nc3n(-c4ccccc4)c4ccccc4n3c2-c2ccc3c(c2)c2ccccc2n3-c2ccccc2)cc1. The molecule has 3 aromatic heterocycles. The summed E-state index contributed by atoms with van der Waals surface area (Å²) in [7, 11) is 0. The normalized spacial score (nSPS) is 11.7. The van der Waals surface area contributed by atoms with E-state index >= 15 is 0 Å². The van der Waals surface area contributed by atoms with E-state index in [2.05, 4.69) is 171 Å². The molecule has 0 spiro atoms. The minimum absolute atomic E-state index is 0.896. The number of benzene rings is 6. The molecule has 0 amide bonds. The fraction of sp³-hybridized carbons (Fsp3) is 0. The molecular formula is C39H26N4. The van der Waals surface area contributed by atoms with Crippen LogP contribution in [0.3, 0.4) is 0 Å². The van der Waals surface area contributed by atoms with Gasteiger partial charge in [-0.05, 0) is 54.6 Å². The summed E-state index contributed by atoms with van der Waals surface area (Å²) in [6, 6.07) is 55.8. The number of hydrogen-bond acceptors (Lipinski definition) is 1. The molecule has 0 saturated heterocycles. The Balaban J connectivity index is 1.40. The van der Waals surface area contributed by atoms with Gasteiger partial charge >= 0.3 is 0 Å². The highest BCUT2D eigenvalue weighted by molar-refractivity contribution is 6.11. The van der Waals surface area contributed by atoms with Crippen molar-refractivity contribution in [3.63, 3.8) is 0 Å². The van der Waals surface area contributed by atoms with E-state index in [0.717, 1.165) is 50.7 Å². The lowest BCUT2D eigenvalue weighted by atomic mass is 10.0. The van der Waals surface area contributed by atoms with E-state index in [9.17, 15) is 0 Å². The number of fused-ring (bicyclic) bond motifs is 6. The van der Waals surface area contributed by atoms with Gasteiger partial charge in [-0.1, -0.05) is 103 Å². The van der Waals surface area contributed by atoms with E-state index in [1.165, 1.54) is 21.8 Å². The van der Waals surface area contributed by atoms with Crippen molar-refractivity contribution < 1.29 is 0 Å². The van der Waals surface area contributed by atoms with Crippen molar-refractivity contribution in [3.05, 3.63) is 158 Å². The minimum atomic E-state index is 0.896. The molecule has 0 N–H and O–H groups in total. The average Bonchev–Trinajstić information content (AvgIpc) is 3.73. The topological polar surface area (TPSA) is 27.2 Å². The second-order valence-electron chi connectivity index (χ2n) is 10.9. The highest BCUT2D eigenvalue weighted by Gasteiger charge is 2.24. The van der Waals surface area contributed by atoms with Crippen molar-refractivity contribution in [2.45, 2.75) is 0 Å². The molecule has 0 bridgehead atoms. The third-order valence-corrected chi connectivity index (χ3v) is 8.45. The van der Waals surface area contributed by atoms with Crippen LogP contribution in [-0.4, -0.2) is 18.5 Å². The predicted octanol–water partition coefficient (Wildman–Crippen LogP) is 9.71. The summed E-state index contributed by atoms with van der Waals surface area (Å²) in [6.07, 6.45) is 0. The number of hydrogen-bond donors (Lipinski definition) is 0. The molecule has 43 heavy (non-hydrogen) atoms. The molecule has 6 aromatic carbocycles. The molecule has 3 heterocycles. The Kier molecular flexibility index (Phi) is 5.16. The number of nitrogens with zero attached hydrogens (tertiary/aromatic N) is 4. The zero-order chi connectivity index (χ0) is 28.3. The third-order valence-electron chi connectivity index (χ3n) is 8.45. The summed E-state index contributed by atoms with van der Waals surface area (Å²) in [5.74, 6) is 0.896. The zero-order valence-corrected chi connectivity index (χ0v) is 23.3. The Hall–Kier alpha value is -5.87. The van der Waals surface area contributed by atoms with Crippen molar-refractivity contribution in [1.29, 1.82) is 0 Å². The molecule has 9 aromatic rings. The predicted molar refractivity (Wildman–Crippen MR) is 177 cm³/mol. The lowest BCUT2D eigenvalue weighted by Gasteiger charge is -2.09. The first-order valence-electron chi connectivity index (χ1n) is 14.6. The molecule has 0 fully saturated rings. The van der Waals surface area contributed by atoms with Gasteiger partial charge in [-0.2, -0.15) is 0 Å². The standard InChI is InChI=1S/C39H26N4/c1-4-14-27(15-5-1)37-38(43-36-23-13-12-22-35(36)42(39(43)40-37)30-18-8-3-9-19-30)28-24-25-34-32(26-28)31-20-10-11-21-33(31)41(34)29-16-6-2-7-17-29/h1-26H. The van der Waals surface area contributed by atoms with Crippen molar-refractivity contribution >= 4 is 38.6 Å². The molecule has 0 aliphatic heterocycles. The van der Waals surface area contributed by atoms with Gasteiger partial charge in [0, 0.05) is 33.3 Å². The van der Waals surface area contributed by atoms with E-state index in [-0.39, 0.29) is 0 Å². The van der Waals surface area contributed by atoms with Crippen LogP contribution >= 0.6 is 0 Å². The van der Waals surface area contributed by atoms with E-state index in [1.807, 2.05) is 0 Å². The number of imidazole rings is 2. The summed E-state index contributed by atoms with van der Waals surface area (Å²) in [5, 5.41) is 2.45. The van der Waals surface area contributed by atoms with Crippen LogP contribution in [0.4, 0.5) is 0 Å². The van der Waals surface area contributed by atoms with E-state index < -0.39 is 0 Å². The number of para-hydroxylation sites is 5. The van der Waals surface area contributed by atoms with Gasteiger partial charge in [0.2, 0.25) is 5.78 Å². The molecule has 0 saturated carbocycles. The number of rotatable bonds is 4. The monoisotopic (exact) mass is 550 g/mol. The molecule has 0 atom stereocenters. The molecule has 4 nitrogen and oxygen atoms in total. The fourth-order valence-corrected chi connectivity index (χ4v) is 6.61. The van der Waals surface area contributed by atoms with Gasteiger partial charge in [0.05, 0.1) is 33.5 Å². The molecular weight excluding hydrogens is 524 g/mol. The maximum atomic E-state index is 5.39. The van der Waals surface area contributed by atoms with Crippen LogP contribution in [0, 0.1) is 0 Å². The van der Waals surface area contributed by atoms with Gasteiger partial charge in [0.15, 0.2) is 0 Å². The number of aromatic nitrogens is 4. The van der Waals surface area contributed by atoms with Crippen LogP contribution in [-0.2, 0) is 0 Å². The molecule has 0 unspecified atom stereocenters. The van der Waals surface area contributed by atoms with Gasteiger partial charge in [-0.15, -0.1) is 0 Å².